The average Bonchev–Trinajstić information content (AvgIpc) is 3.05. The molecule has 9 nitrogen and oxygen atoms in total. The maximum absolute atomic E-state index is 12.1. The van der Waals surface area contributed by atoms with Gasteiger partial charge >= 0.3 is 5.97 Å². The lowest BCUT2D eigenvalue weighted by Gasteiger charge is -2.42. The molecule has 1 saturated carbocycles. The molecule has 0 atom stereocenters. The highest BCUT2D eigenvalue weighted by atomic mass is 16.4. The van der Waals surface area contributed by atoms with Gasteiger partial charge in [-0.3, -0.25) is 14.5 Å². The number of carbonyl (C=O) groups excluding carboxylic acids is 1. The molecule has 2 aromatic rings. The minimum absolute atomic E-state index is 0.00756. The summed E-state index contributed by atoms with van der Waals surface area (Å²) in [7, 11) is 0. The smallest absolute Gasteiger partial charge is 0.317 e. The van der Waals surface area contributed by atoms with Crippen LogP contribution < -0.4 is 5.32 Å². The van der Waals surface area contributed by atoms with E-state index in [-0.39, 0.29) is 31.1 Å². The Morgan fingerprint density at radius 2 is 2.04 bits per heavy atom. The summed E-state index contributed by atoms with van der Waals surface area (Å²) in [4.78, 5) is 26.2. The van der Waals surface area contributed by atoms with E-state index in [4.69, 9.17) is 5.11 Å². The van der Waals surface area contributed by atoms with Gasteiger partial charge in [-0.1, -0.05) is 37.3 Å². The number of tetrazole rings is 1. The summed E-state index contributed by atoms with van der Waals surface area (Å²) in [5.41, 5.74) is 0.846. The fraction of sp³-hybridized carbons (Fsp3) is 0.471. The summed E-state index contributed by atoms with van der Waals surface area (Å²) in [5, 5.41) is 23.9. The molecule has 1 aromatic carbocycles. The summed E-state index contributed by atoms with van der Waals surface area (Å²) in [6.07, 6.45) is 1.51. The average molecular weight is 358 g/mol. The number of carbonyl (C=O) groups is 2. The van der Waals surface area contributed by atoms with Crippen molar-refractivity contribution in [1.29, 1.82) is 0 Å². The van der Waals surface area contributed by atoms with E-state index < -0.39 is 5.97 Å². The summed E-state index contributed by atoms with van der Waals surface area (Å²) in [6.45, 7) is 2.67. The molecule has 26 heavy (non-hydrogen) atoms. The molecule has 0 radical (unpaired) electrons. The first-order chi connectivity index (χ1) is 12.5. The summed E-state index contributed by atoms with van der Waals surface area (Å²) >= 11 is 0. The molecule has 0 unspecified atom stereocenters. The molecule has 1 aliphatic carbocycles. The lowest BCUT2D eigenvalue weighted by atomic mass is 9.85. The molecule has 0 spiro atoms. The van der Waals surface area contributed by atoms with Crippen molar-refractivity contribution < 1.29 is 14.7 Å². The number of aromatic nitrogens is 4. The second kappa shape index (κ2) is 8.05. The lowest BCUT2D eigenvalue weighted by Crippen LogP contribution is -2.55. The third kappa shape index (κ3) is 4.42. The molecular weight excluding hydrogens is 336 g/mol. The first-order valence-corrected chi connectivity index (χ1v) is 8.63. The number of aliphatic carboxylic acids is 1. The Kier molecular flexibility index (Phi) is 5.57. The van der Waals surface area contributed by atoms with Gasteiger partial charge in [0.15, 0.2) is 0 Å². The van der Waals surface area contributed by atoms with Gasteiger partial charge in [0.2, 0.25) is 11.7 Å². The van der Waals surface area contributed by atoms with Crippen LogP contribution in [0.2, 0.25) is 0 Å². The van der Waals surface area contributed by atoms with E-state index in [9.17, 15) is 9.59 Å². The first kappa shape index (κ1) is 18.0. The van der Waals surface area contributed by atoms with Gasteiger partial charge in [0, 0.05) is 17.6 Å². The third-order valence-corrected chi connectivity index (χ3v) is 4.51. The Hall–Kier alpha value is -2.81. The van der Waals surface area contributed by atoms with Crippen LogP contribution in [-0.4, -0.2) is 67.3 Å². The molecule has 1 fully saturated rings. The van der Waals surface area contributed by atoms with Gasteiger partial charge in [0.25, 0.3) is 0 Å². The van der Waals surface area contributed by atoms with Crippen LogP contribution in [0.3, 0.4) is 0 Å². The van der Waals surface area contributed by atoms with Gasteiger partial charge in [-0.25, -0.2) is 0 Å². The van der Waals surface area contributed by atoms with Crippen molar-refractivity contribution in [3.05, 3.63) is 30.3 Å². The topological polar surface area (TPSA) is 113 Å². The highest BCUT2D eigenvalue weighted by molar-refractivity contribution is 5.76. The normalized spacial score (nSPS) is 19.2. The molecule has 1 amide bonds. The van der Waals surface area contributed by atoms with Crippen molar-refractivity contribution >= 4 is 11.9 Å². The SMILES string of the molecule is CCN(CC(=O)O)C1CC(NC(=O)Cn2nnc(-c3ccccc3)n2)C1. The molecule has 2 N–H and O–H groups in total. The summed E-state index contributed by atoms with van der Waals surface area (Å²) in [5.74, 6) is -0.521. The van der Waals surface area contributed by atoms with Crippen molar-refractivity contribution in [3.8, 4) is 11.4 Å². The number of carboxylic acid groups (broad SMARTS) is 1. The molecule has 0 bridgehead atoms. The molecular formula is C17H22N6O3. The van der Waals surface area contributed by atoms with Crippen LogP contribution in [0.4, 0.5) is 0 Å². The number of nitrogens with one attached hydrogen (secondary N) is 1. The number of hydrogen-bond donors (Lipinski definition) is 2. The first-order valence-electron chi connectivity index (χ1n) is 8.63. The minimum atomic E-state index is -0.828. The van der Waals surface area contributed by atoms with Gasteiger partial charge in [-0.15, -0.1) is 10.2 Å². The zero-order chi connectivity index (χ0) is 18.5. The van der Waals surface area contributed by atoms with E-state index in [1.165, 1.54) is 4.80 Å². The van der Waals surface area contributed by atoms with Crippen LogP contribution >= 0.6 is 0 Å². The molecule has 0 saturated heterocycles. The Labute approximate surface area is 151 Å². The fourth-order valence-electron chi connectivity index (χ4n) is 3.09. The van der Waals surface area contributed by atoms with Crippen molar-refractivity contribution in [1.82, 2.24) is 30.4 Å². The monoisotopic (exact) mass is 358 g/mol. The zero-order valence-corrected chi connectivity index (χ0v) is 14.6. The summed E-state index contributed by atoms with van der Waals surface area (Å²) < 4.78 is 0. The number of likely N-dealkylation sites (N-methyl/N-ethyl adjacent to an activating group) is 1. The quantitative estimate of drug-likeness (QED) is 0.702. The van der Waals surface area contributed by atoms with Crippen LogP contribution in [-0.2, 0) is 16.1 Å². The van der Waals surface area contributed by atoms with Crippen LogP contribution in [0, 0.1) is 0 Å². The predicted molar refractivity (Wildman–Crippen MR) is 93.1 cm³/mol. The van der Waals surface area contributed by atoms with Crippen molar-refractivity contribution in [3.63, 3.8) is 0 Å². The van der Waals surface area contributed by atoms with Crippen LogP contribution in [0.5, 0.6) is 0 Å². The maximum Gasteiger partial charge on any atom is 0.317 e. The Morgan fingerprint density at radius 1 is 1.31 bits per heavy atom. The van der Waals surface area contributed by atoms with Crippen molar-refractivity contribution in [2.24, 2.45) is 0 Å². The highest BCUT2D eigenvalue weighted by Crippen LogP contribution is 2.25. The van der Waals surface area contributed by atoms with Crippen molar-refractivity contribution in [2.75, 3.05) is 13.1 Å². The largest absolute Gasteiger partial charge is 0.480 e. The van der Waals surface area contributed by atoms with E-state index in [1.807, 2.05) is 42.2 Å². The molecule has 3 rings (SSSR count). The number of nitrogens with zero attached hydrogens (tertiary/aromatic N) is 5. The predicted octanol–water partition coefficient (Wildman–Crippen LogP) is 0.394. The zero-order valence-electron chi connectivity index (χ0n) is 14.6. The minimum Gasteiger partial charge on any atom is -0.480 e. The van der Waals surface area contributed by atoms with Crippen LogP contribution in [0.15, 0.2) is 30.3 Å². The standard InChI is InChI=1S/C17H22N6O3/c1-2-22(11-16(25)26)14-8-13(9-14)18-15(24)10-23-20-17(19-21-23)12-6-4-3-5-7-12/h3-7,13-14H,2,8-11H2,1H3,(H,18,24)(H,25,26). The number of benzene rings is 1. The van der Waals surface area contributed by atoms with E-state index in [2.05, 4.69) is 20.7 Å². The van der Waals surface area contributed by atoms with E-state index in [0.29, 0.717) is 12.4 Å². The number of carboxylic acids is 1. The molecule has 138 valence electrons. The van der Waals surface area contributed by atoms with Gasteiger partial charge in [0.05, 0.1) is 6.54 Å². The van der Waals surface area contributed by atoms with Gasteiger partial charge in [-0.05, 0) is 24.6 Å². The van der Waals surface area contributed by atoms with Gasteiger partial charge in [-0.2, -0.15) is 4.80 Å². The molecule has 1 aliphatic rings. The molecule has 9 heteroatoms. The van der Waals surface area contributed by atoms with Crippen molar-refractivity contribution in [2.45, 2.75) is 38.4 Å². The van der Waals surface area contributed by atoms with Crippen LogP contribution in [0.25, 0.3) is 11.4 Å². The van der Waals surface area contributed by atoms with Gasteiger partial charge < -0.3 is 10.4 Å². The number of hydrogen-bond acceptors (Lipinski definition) is 6. The maximum atomic E-state index is 12.1. The highest BCUT2D eigenvalue weighted by Gasteiger charge is 2.34. The van der Waals surface area contributed by atoms with E-state index in [1.54, 1.807) is 0 Å². The fourth-order valence-corrected chi connectivity index (χ4v) is 3.09. The third-order valence-electron chi connectivity index (χ3n) is 4.51. The molecule has 0 aliphatic heterocycles. The Bertz CT molecular complexity index is 757. The lowest BCUT2D eigenvalue weighted by molar-refractivity contribution is -0.139. The Balaban J connectivity index is 1.46. The molecule has 1 aromatic heterocycles. The Morgan fingerprint density at radius 3 is 2.69 bits per heavy atom. The number of amides is 1. The second-order valence-corrected chi connectivity index (χ2v) is 6.36. The van der Waals surface area contributed by atoms with Gasteiger partial charge in [0.1, 0.15) is 6.54 Å². The summed E-state index contributed by atoms with van der Waals surface area (Å²) in [6, 6.07) is 9.71. The van der Waals surface area contributed by atoms with E-state index in [0.717, 1.165) is 18.4 Å². The number of rotatable bonds is 8. The van der Waals surface area contributed by atoms with E-state index >= 15 is 0 Å². The molecule has 1 heterocycles. The van der Waals surface area contributed by atoms with Crippen LogP contribution in [0.1, 0.15) is 19.8 Å². The second-order valence-electron chi connectivity index (χ2n) is 6.36.